The summed E-state index contributed by atoms with van der Waals surface area (Å²) in [5.74, 6) is 0. The van der Waals surface area contributed by atoms with Crippen molar-refractivity contribution in [3.05, 3.63) is 29.0 Å². The van der Waals surface area contributed by atoms with Crippen LogP contribution in [0.4, 0.5) is 11.4 Å². The fourth-order valence-electron chi connectivity index (χ4n) is 0.717. The molecular formula is C7H8AcClN2-. The van der Waals surface area contributed by atoms with Crippen LogP contribution in [-0.2, 0) is 0 Å². The predicted molar refractivity (Wildman–Crippen MR) is 45.0 cm³/mol. The molecule has 0 saturated heterocycles. The van der Waals surface area contributed by atoms with E-state index in [0.717, 1.165) is 5.69 Å². The summed E-state index contributed by atoms with van der Waals surface area (Å²) in [6, 6.07) is 5.04. The van der Waals surface area contributed by atoms with Crippen molar-refractivity contribution in [1.29, 1.82) is 0 Å². The minimum Gasteiger partial charge on any atom is -0.699 e. The molecule has 11 heavy (non-hydrogen) atoms. The van der Waals surface area contributed by atoms with Crippen molar-refractivity contribution in [1.82, 2.24) is 0 Å². The molecule has 0 fully saturated rings. The van der Waals surface area contributed by atoms with Gasteiger partial charge in [0.05, 0.1) is 10.7 Å². The van der Waals surface area contributed by atoms with Gasteiger partial charge in [-0.25, -0.2) is 0 Å². The van der Waals surface area contributed by atoms with Crippen molar-refractivity contribution in [3.8, 4) is 0 Å². The molecule has 57 valence electrons. The fourth-order valence-corrected chi connectivity index (χ4v) is 0.929. The second-order valence-corrected chi connectivity index (χ2v) is 2.35. The van der Waals surface area contributed by atoms with Gasteiger partial charge in [-0.2, -0.15) is 0 Å². The molecule has 0 spiro atoms. The number of rotatable bonds is 1. The summed E-state index contributed by atoms with van der Waals surface area (Å²) in [5, 5.41) is 3.54. The van der Waals surface area contributed by atoms with Crippen LogP contribution in [0.25, 0.3) is 5.73 Å². The van der Waals surface area contributed by atoms with Crippen LogP contribution in [0.5, 0.6) is 0 Å². The number of anilines is 1. The molecule has 0 aliphatic heterocycles. The standard InChI is InChI=1S/C7H8ClN2.Ac/c1-10-7-4-5(9)2-3-6(7)8;/h2-4,9-10H,1H3;/q-1;. The first-order valence-corrected chi connectivity index (χ1v) is 3.30. The minimum absolute atomic E-state index is 0. The molecule has 1 radical (unpaired) electrons. The number of halogens is 1. The second kappa shape index (κ2) is 5.24. The predicted octanol–water partition coefficient (Wildman–Crippen LogP) is 3.07. The Labute approximate surface area is 107 Å². The van der Waals surface area contributed by atoms with E-state index in [1.54, 1.807) is 25.2 Å². The smallest absolute Gasteiger partial charge is 0.0636 e. The van der Waals surface area contributed by atoms with Gasteiger partial charge in [0.15, 0.2) is 0 Å². The molecule has 0 heterocycles. The van der Waals surface area contributed by atoms with Crippen LogP contribution in [0.2, 0.25) is 5.02 Å². The molecule has 1 aromatic rings. The van der Waals surface area contributed by atoms with Crippen molar-refractivity contribution in [2.75, 3.05) is 12.4 Å². The van der Waals surface area contributed by atoms with Gasteiger partial charge in [-0.1, -0.05) is 23.7 Å². The summed E-state index contributed by atoms with van der Waals surface area (Å²) < 4.78 is 0. The van der Waals surface area contributed by atoms with Crippen LogP contribution in [-0.4, -0.2) is 7.05 Å². The zero-order chi connectivity index (χ0) is 7.56. The van der Waals surface area contributed by atoms with E-state index in [-0.39, 0.29) is 44.1 Å². The molecule has 1 rings (SSSR count). The average Bonchev–Trinajstić information content (AvgIpc) is 1.94. The molecule has 4 heteroatoms. The van der Waals surface area contributed by atoms with Gasteiger partial charge in [-0.05, 0) is 6.07 Å². The van der Waals surface area contributed by atoms with Crippen LogP contribution < -0.4 is 5.32 Å². The molecule has 0 aliphatic rings. The Morgan fingerprint density at radius 2 is 2.09 bits per heavy atom. The maximum absolute atomic E-state index is 7.24. The Hall–Kier alpha value is 0.552. The summed E-state index contributed by atoms with van der Waals surface area (Å²) in [7, 11) is 1.78. The van der Waals surface area contributed by atoms with Gasteiger partial charge < -0.3 is 11.1 Å². The Kier molecular flexibility index (Phi) is 5.50. The van der Waals surface area contributed by atoms with E-state index in [2.05, 4.69) is 5.32 Å². The number of benzene rings is 1. The summed E-state index contributed by atoms with van der Waals surface area (Å²) in [4.78, 5) is 0. The molecule has 1 aromatic carbocycles. The average molecular weight is 383 g/mol. The zero-order valence-corrected chi connectivity index (χ0v) is 11.7. The molecule has 2 N–H and O–H groups in total. The third-order valence-corrected chi connectivity index (χ3v) is 1.57. The zero-order valence-electron chi connectivity index (χ0n) is 6.19. The molecule has 0 aromatic heterocycles. The van der Waals surface area contributed by atoms with Gasteiger partial charge in [-0.15, -0.1) is 5.69 Å². The Morgan fingerprint density at radius 3 is 2.55 bits per heavy atom. The third-order valence-electron chi connectivity index (χ3n) is 1.24. The summed E-state index contributed by atoms with van der Waals surface area (Å²) in [6.45, 7) is 0. The quantitative estimate of drug-likeness (QED) is 0.796. The van der Waals surface area contributed by atoms with Crippen molar-refractivity contribution in [3.63, 3.8) is 0 Å². The van der Waals surface area contributed by atoms with Gasteiger partial charge >= 0.3 is 0 Å². The van der Waals surface area contributed by atoms with E-state index in [1.807, 2.05) is 0 Å². The number of hydrogen-bond donors (Lipinski definition) is 1. The summed E-state index contributed by atoms with van der Waals surface area (Å²) >= 11 is 5.75. The van der Waals surface area contributed by atoms with Gasteiger partial charge in [0.25, 0.3) is 0 Å². The third kappa shape index (κ3) is 3.19. The summed E-state index contributed by atoms with van der Waals surface area (Å²) in [5.41, 5.74) is 8.50. The van der Waals surface area contributed by atoms with Crippen molar-refractivity contribution >= 4 is 23.0 Å². The molecule has 2 nitrogen and oxygen atoms in total. The fraction of sp³-hybridized carbons (Fsp3) is 0.143. The molecule has 0 saturated carbocycles. The molecular weight excluding hydrogens is 375 g/mol. The molecule has 0 bridgehead atoms. The van der Waals surface area contributed by atoms with Gasteiger partial charge in [0.2, 0.25) is 0 Å². The Balaban J connectivity index is 0.000001000. The van der Waals surface area contributed by atoms with E-state index in [4.69, 9.17) is 17.3 Å². The second-order valence-electron chi connectivity index (χ2n) is 1.94. The van der Waals surface area contributed by atoms with Crippen LogP contribution in [0.15, 0.2) is 18.2 Å². The van der Waals surface area contributed by atoms with E-state index < -0.39 is 0 Å². The van der Waals surface area contributed by atoms with Gasteiger partial charge in [0, 0.05) is 51.1 Å². The first kappa shape index (κ1) is 11.6. The summed E-state index contributed by atoms with van der Waals surface area (Å²) in [6.07, 6.45) is 0. The Bertz CT molecular complexity index is 240. The molecule has 0 atom stereocenters. The van der Waals surface area contributed by atoms with Crippen LogP contribution >= 0.6 is 11.6 Å². The first-order chi connectivity index (χ1) is 4.74. The van der Waals surface area contributed by atoms with E-state index in [1.165, 1.54) is 0 Å². The topological polar surface area (TPSA) is 35.8 Å². The van der Waals surface area contributed by atoms with E-state index >= 15 is 0 Å². The number of nitrogens with one attached hydrogen (secondary N) is 2. The Morgan fingerprint density at radius 1 is 1.45 bits per heavy atom. The number of hydrogen-bond acceptors (Lipinski definition) is 1. The van der Waals surface area contributed by atoms with Gasteiger partial charge in [-0.3, -0.25) is 0 Å². The maximum Gasteiger partial charge on any atom is 0.0636 e. The van der Waals surface area contributed by atoms with E-state index in [9.17, 15) is 0 Å². The largest absolute Gasteiger partial charge is 0.699 e. The first-order valence-electron chi connectivity index (χ1n) is 2.93. The van der Waals surface area contributed by atoms with Crippen LogP contribution in [0, 0.1) is 44.1 Å². The van der Waals surface area contributed by atoms with Gasteiger partial charge in [0.1, 0.15) is 0 Å². The minimum atomic E-state index is 0. The maximum atomic E-state index is 7.24. The molecule has 0 aliphatic carbocycles. The van der Waals surface area contributed by atoms with Crippen LogP contribution in [0.3, 0.4) is 0 Å². The normalized spacial score (nSPS) is 8.55. The van der Waals surface area contributed by atoms with Crippen molar-refractivity contribution < 1.29 is 44.1 Å². The molecule has 0 unspecified atom stereocenters. The SMILES string of the molecule is CNc1cc([NH-])ccc1Cl.[Ac]. The van der Waals surface area contributed by atoms with Crippen LogP contribution in [0.1, 0.15) is 0 Å². The monoisotopic (exact) mass is 382 g/mol. The van der Waals surface area contributed by atoms with Crippen molar-refractivity contribution in [2.45, 2.75) is 0 Å². The molecule has 0 amide bonds. The van der Waals surface area contributed by atoms with E-state index in [0.29, 0.717) is 10.7 Å². The van der Waals surface area contributed by atoms with Crippen molar-refractivity contribution in [2.24, 2.45) is 0 Å².